The van der Waals surface area contributed by atoms with Crippen molar-refractivity contribution in [1.29, 1.82) is 0 Å². The van der Waals surface area contributed by atoms with E-state index in [4.69, 9.17) is 0 Å². The van der Waals surface area contributed by atoms with E-state index in [0.29, 0.717) is 17.7 Å². The highest BCUT2D eigenvalue weighted by atomic mass is 19.1. The minimum Gasteiger partial charge on any atom is -0.479 e. The molecule has 0 fully saturated rings. The number of hydrogen-bond donors (Lipinski definition) is 2. The lowest BCUT2D eigenvalue weighted by Gasteiger charge is -2.31. The van der Waals surface area contributed by atoms with Gasteiger partial charge < -0.3 is 10.4 Å². The van der Waals surface area contributed by atoms with Crippen LogP contribution in [0.2, 0.25) is 0 Å². The second kappa shape index (κ2) is 5.95. The quantitative estimate of drug-likeness (QED) is 0.875. The van der Waals surface area contributed by atoms with Crippen molar-refractivity contribution in [3.8, 4) is 0 Å². The first kappa shape index (κ1) is 15.0. The molecule has 0 aliphatic carbocycles. The Hall–Kier alpha value is -2.36. The average molecular weight is 287 g/mol. The minimum absolute atomic E-state index is 0.335. The Labute approximate surface area is 123 Å². The van der Waals surface area contributed by atoms with Gasteiger partial charge in [-0.1, -0.05) is 36.8 Å². The van der Waals surface area contributed by atoms with Gasteiger partial charge in [0.05, 0.1) is 0 Å². The molecule has 0 saturated carbocycles. The molecule has 0 aromatic heterocycles. The zero-order valence-electron chi connectivity index (χ0n) is 12.1. The van der Waals surface area contributed by atoms with Crippen LogP contribution in [-0.2, 0) is 10.3 Å². The van der Waals surface area contributed by atoms with Gasteiger partial charge >= 0.3 is 5.97 Å². The number of hydrogen-bond acceptors (Lipinski definition) is 2. The van der Waals surface area contributed by atoms with E-state index in [9.17, 15) is 14.3 Å². The Morgan fingerprint density at radius 1 is 1.14 bits per heavy atom. The average Bonchev–Trinajstić information content (AvgIpc) is 2.47. The monoisotopic (exact) mass is 287 g/mol. The van der Waals surface area contributed by atoms with Gasteiger partial charge in [0.1, 0.15) is 5.82 Å². The lowest BCUT2D eigenvalue weighted by molar-refractivity contribution is -0.142. The number of rotatable bonds is 5. The van der Waals surface area contributed by atoms with Gasteiger partial charge in [-0.2, -0.15) is 0 Å². The van der Waals surface area contributed by atoms with Crippen LogP contribution in [0, 0.1) is 12.7 Å². The largest absolute Gasteiger partial charge is 0.479 e. The molecule has 0 aliphatic rings. The van der Waals surface area contributed by atoms with Crippen molar-refractivity contribution in [2.24, 2.45) is 0 Å². The Morgan fingerprint density at radius 3 is 2.19 bits per heavy atom. The van der Waals surface area contributed by atoms with Crippen LogP contribution in [-0.4, -0.2) is 11.1 Å². The lowest BCUT2D eigenvalue weighted by Crippen LogP contribution is -2.43. The molecule has 0 amide bonds. The highest BCUT2D eigenvalue weighted by Gasteiger charge is 2.38. The van der Waals surface area contributed by atoms with Crippen LogP contribution in [0.5, 0.6) is 0 Å². The number of aryl methyl sites for hydroxylation is 1. The molecule has 110 valence electrons. The van der Waals surface area contributed by atoms with Crippen LogP contribution >= 0.6 is 0 Å². The van der Waals surface area contributed by atoms with E-state index in [1.54, 1.807) is 6.92 Å². The standard InChI is InChI=1S/C17H18FNO2/c1-3-17(16(20)21,13-6-8-14(18)9-7-13)19-15-10-4-12(2)5-11-15/h4-11,19H,3H2,1-2H3,(H,20,21). The predicted octanol–water partition coefficient (Wildman–Crippen LogP) is 3.94. The zero-order valence-corrected chi connectivity index (χ0v) is 12.1. The smallest absolute Gasteiger partial charge is 0.334 e. The van der Waals surface area contributed by atoms with Crippen molar-refractivity contribution in [3.63, 3.8) is 0 Å². The van der Waals surface area contributed by atoms with Crippen molar-refractivity contribution >= 4 is 11.7 Å². The third kappa shape index (κ3) is 3.05. The summed E-state index contributed by atoms with van der Waals surface area (Å²) in [5.74, 6) is -1.37. The summed E-state index contributed by atoms with van der Waals surface area (Å²) < 4.78 is 13.1. The van der Waals surface area contributed by atoms with E-state index in [1.165, 1.54) is 24.3 Å². The number of carbonyl (C=O) groups is 1. The van der Waals surface area contributed by atoms with Crippen LogP contribution in [0.3, 0.4) is 0 Å². The van der Waals surface area contributed by atoms with Crippen LogP contribution in [0.1, 0.15) is 24.5 Å². The molecule has 0 aliphatic heterocycles. The second-order valence-electron chi connectivity index (χ2n) is 5.06. The van der Waals surface area contributed by atoms with Crippen LogP contribution in [0.4, 0.5) is 10.1 Å². The normalized spacial score (nSPS) is 13.5. The lowest BCUT2D eigenvalue weighted by atomic mass is 9.86. The van der Waals surface area contributed by atoms with Gasteiger partial charge in [-0.3, -0.25) is 0 Å². The third-order valence-electron chi connectivity index (χ3n) is 3.64. The van der Waals surface area contributed by atoms with E-state index < -0.39 is 11.5 Å². The maximum atomic E-state index is 13.1. The molecular formula is C17H18FNO2. The predicted molar refractivity (Wildman–Crippen MR) is 80.8 cm³/mol. The molecule has 1 unspecified atom stereocenters. The summed E-state index contributed by atoms with van der Waals surface area (Å²) in [7, 11) is 0. The maximum absolute atomic E-state index is 13.1. The molecule has 21 heavy (non-hydrogen) atoms. The van der Waals surface area contributed by atoms with Gasteiger partial charge in [-0.25, -0.2) is 9.18 Å². The summed E-state index contributed by atoms with van der Waals surface area (Å²) in [5.41, 5.74) is 1.07. The van der Waals surface area contributed by atoms with Crippen LogP contribution in [0.25, 0.3) is 0 Å². The van der Waals surface area contributed by atoms with Gasteiger partial charge in [-0.05, 0) is 43.2 Å². The Balaban J connectivity index is 2.44. The minimum atomic E-state index is -1.27. The number of carboxylic acid groups (broad SMARTS) is 1. The molecule has 0 spiro atoms. The molecule has 4 heteroatoms. The third-order valence-corrected chi connectivity index (χ3v) is 3.64. The van der Waals surface area contributed by atoms with E-state index in [-0.39, 0.29) is 5.82 Å². The van der Waals surface area contributed by atoms with Gasteiger partial charge in [0.2, 0.25) is 0 Å². The molecule has 2 N–H and O–H groups in total. The van der Waals surface area contributed by atoms with Gasteiger partial charge in [0.25, 0.3) is 0 Å². The van der Waals surface area contributed by atoms with Gasteiger partial charge in [0, 0.05) is 5.69 Å². The molecule has 0 bridgehead atoms. The molecule has 2 aromatic carbocycles. The van der Waals surface area contributed by atoms with E-state index >= 15 is 0 Å². The molecule has 2 aromatic rings. The summed E-state index contributed by atoms with van der Waals surface area (Å²) in [6.07, 6.45) is 0.335. The van der Waals surface area contributed by atoms with Crippen LogP contribution in [0.15, 0.2) is 48.5 Å². The fourth-order valence-corrected chi connectivity index (χ4v) is 2.31. The Morgan fingerprint density at radius 2 is 1.71 bits per heavy atom. The van der Waals surface area contributed by atoms with Crippen molar-refractivity contribution in [1.82, 2.24) is 0 Å². The molecular weight excluding hydrogens is 269 g/mol. The molecule has 0 saturated heterocycles. The summed E-state index contributed by atoms with van der Waals surface area (Å²) in [5, 5.41) is 12.8. The highest BCUT2D eigenvalue weighted by Crippen LogP contribution is 2.30. The number of halogens is 1. The number of aliphatic carboxylic acids is 1. The molecule has 0 radical (unpaired) electrons. The van der Waals surface area contributed by atoms with E-state index in [0.717, 1.165) is 5.56 Å². The van der Waals surface area contributed by atoms with Gasteiger partial charge in [-0.15, -0.1) is 0 Å². The Kier molecular flexibility index (Phi) is 4.26. The summed E-state index contributed by atoms with van der Waals surface area (Å²) in [4.78, 5) is 11.9. The number of benzene rings is 2. The first-order valence-electron chi connectivity index (χ1n) is 6.82. The Bertz CT molecular complexity index is 622. The fourth-order valence-electron chi connectivity index (χ4n) is 2.31. The molecule has 2 rings (SSSR count). The highest BCUT2D eigenvalue weighted by molar-refractivity contribution is 5.84. The summed E-state index contributed by atoms with van der Waals surface area (Å²) in [6.45, 7) is 3.76. The van der Waals surface area contributed by atoms with E-state index in [2.05, 4.69) is 5.32 Å². The molecule has 3 nitrogen and oxygen atoms in total. The SMILES string of the molecule is CCC(Nc1ccc(C)cc1)(C(=O)O)c1ccc(F)cc1. The number of carboxylic acids is 1. The van der Waals surface area contributed by atoms with Crippen molar-refractivity contribution in [2.45, 2.75) is 25.8 Å². The number of nitrogens with one attached hydrogen (secondary N) is 1. The summed E-state index contributed by atoms with van der Waals surface area (Å²) >= 11 is 0. The molecule has 1 atom stereocenters. The second-order valence-corrected chi connectivity index (χ2v) is 5.06. The van der Waals surface area contributed by atoms with Crippen molar-refractivity contribution in [3.05, 3.63) is 65.5 Å². The van der Waals surface area contributed by atoms with Crippen molar-refractivity contribution in [2.75, 3.05) is 5.32 Å². The first-order valence-corrected chi connectivity index (χ1v) is 6.82. The van der Waals surface area contributed by atoms with E-state index in [1.807, 2.05) is 31.2 Å². The number of anilines is 1. The van der Waals surface area contributed by atoms with Crippen LogP contribution < -0.4 is 5.32 Å². The fraction of sp³-hybridized carbons (Fsp3) is 0.235. The zero-order chi connectivity index (χ0) is 15.5. The van der Waals surface area contributed by atoms with Crippen molar-refractivity contribution < 1.29 is 14.3 Å². The summed E-state index contributed by atoms with van der Waals surface area (Å²) in [6, 6.07) is 13.1. The first-order chi connectivity index (χ1) is 9.98. The maximum Gasteiger partial charge on any atom is 0.334 e. The van der Waals surface area contributed by atoms with Gasteiger partial charge in [0.15, 0.2) is 5.54 Å². The topological polar surface area (TPSA) is 49.3 Å². The molecule has 0 heterocycles.